The molecule has 0 fully saturated rings. The molecule has 0 unspecified atom stereocenters. The number of aryl methyl sites for hydroxylation is 1. The summed E-state index contributed by atoms with van der Waals surface area (Å²) in [5.74, 6) is 2.11. The maximum atomic E-state index is 8.71. The van der Waals surface area contributed by atoms with Gasteiger partial charge in [-0.15, -0.1) is 0 Å². The van der Waals surface area contributed by atoms with E-state index in [2.05, 4.69) is 20.5 Å². The number of aliphatic hydroxyl groups excluding tert-OH is 1. The summed E-state index contributed by atoms with van der Waals surface area (Å²) in [5, 5.41) is 19.0. The number of nitrogens with zero attached hydrogens (tertiary/aromatic N) is 2. The molecular formula is C16H18N4O3. The van der Waals surface area contributed by atoms with Crippen LogP contribution in [-0.2, 0) is 6.54 Å². The third-order valence-corrected chi connectivity index (χ3v) is 3.27. The molecule has 120 valence electrons. The van der Waals surface area contributed by atoms with Gasteiger partial charge in [0.05, 0.1) is 24.7 Å². The van der Waals surface area contributed by atoms with Crippen LogP contribution in [0.1, 0.15) is 11.3 Å². The molecule has 3 aromatic rings. The van der Waals surface area contributed by atoms with Gasteiger partial charge in [0.1, 0.15) is 18.1 Å². The van der Waals surface area contributed by atoms with Gasteiger partial charge in [-0.3, -0.25) is 5.10 Å². The number of pyridine rings is 1. The Bertz CT molecular complexity index is 749. The minimum absolute atomic E-state index is 0.0306. The van der Waals surface area contributed by atoms with Crippen LogP contribution in [0.4, 0.5) is 5.69 Å². The second-order valence-corrected chi connectivity index (χ2v) is 4.99. The summed E-state index contributed by atoms with van der Waals surface area (Å²) in [4.78, 5) is 4.16. The number of hydrogen-bond acceptors (Lipinski definition) is 6. The van der Waals surface area contributed by atoms with Crippen molar-refractivity contribution in [3.8, 4) is 17.3 Å². The Morgan fingerprint density at radius 2 is 2.17 bits per heavy atom. The Morgan fingerprint density at radius 3 is 2.87 bits per heavy atom. The van der Waals surface area contributed by atoms with Crippen LogP contribution in [0.15, 0.2) is 41.1 Å². The molecule has 3 heterocycles. The zero-order chi connectivity index (χ0) is 16.1. The number of aromatic amines is 1. The molecule has 3 rings (SSSR count). The van der Waals surface area contributed by atoms with Crippen molar-refractivity contribution < 1.29 is 14.3 Å². The number of H-pyrrole nitrogens is 1. The van der Waals surface area contributed by atoms with Crippen LogP contribution in [-0.4, -0.2) is 33.5 Å². The van der Waals surface area contributed by atoms with Crippen molar-refractivity contribution in [3.05, 3.63) is 48.0 Å². The topological polar surface area (TPSA) is 96.2 Å². The fourth-order valence-corrected chi connectivity index (χ4v) is 2.15. The van der Waals surface area contributed by atoms with Crippen molar-refractivity contribution in [1.82, 2.24) is 15.2 Å². The number of rotatable bonds is 7. The molecule has 7 heteroatoms. The summed E-state index contributed by atoms with van der Waals surface area (Å²) in [6.07, 6.45) is 3.45. The van der Waals surface area contributed by atoms with E-state index in [0.29, 0.717) is 12.4 Å². The molecule has 0 aliphatic rings. The van der Waals surface area contributed by atoms with E-state index < -0.39 is 0 Å². The average Bonchev–Trinajstić information content (AvgIpc) is 3.20. The van der Waals surface area contributed by atoms with E-state index in [1.165, 1.54) is 0 Å². The Labute approximate surface area is 133 Å². The maximum Gasteiger partial charge on any atom is 0.213 e. The molecule has 3 aromatic heterocycles. The molecule has 0 radical (unpaired) electrons. The van der Waals surface area contributed by atoms with Crippen molar-refractivity contribution in [3.63, 3.8) is 0 Å². The molecule has 7 nitrogen and oxygen atoms in total. The molecule has 0 bridgehead atoms. The highest BCUT2D eigenvalue weighted by molar-refractivity contribution is 5.57. The molecule has 0 atom stereocenters. The molecule has 0 aliphatic heterocycles. The number of ether oxygens (including phenoxy) is 1. The predicted molar refractivity (Wildman–Crippen MR) is 85.2 cm³/mol. The highest BCUT2D eigenvalue weighted by Gasteiger charge is 2.11. The van der Waals surface area contributed by atoms with E-state index >= 15 is 0 Å². The lowest BCUT2D eigenvalue weighted by molar-refractivity contribution is 0.196. The van der Waals surface area contributed by atoms with Crippen LogP contribution in [0.25, 0.3) is 11.5 Å². The van der Waals surface area contributed by atoms with Crippen LogP contribution in [0, 0.1) is 6.92 Å². The number of furan rings is 1. The first-order chi connectivity index (χ1) is 11.3. The van der Waals surface area contributed by atoms with E-state index in [4.69, 9.17) is 14.3 Å². The fraction of sp³-hybridized carbons (Fsp3) is 0.250. The smallest absolute Gasteiger partial charge is 0.213 e. The van der Waals surface area contributed by atoms with E-state index in [9.17, 15) is 0 Å². The molecule has 0 spiro atoms. The maximum absolute atomic E-state index is 8.71. The van der Waals surface area contributed by atoms with Gasteiger partial charge in [0.25, 0.3) is 0 Å². The number of aliphatic hydroxyl groups is 1. The lowest BCUT2D eigenvalue weighted by atomic mass is 10.2. The van der Waals surface area contributed by atoms with Gasteiger partial charge in [0.15, 0.2) is 5.76 Å². The summed E-state index contributed by atoms with van der Waals surface area (Å²) in [7, 11) is 0. The SMILES string of the molecule is Cc1ccc(-c2[nH]ncc2CNc2ccc(OCCO)nc2)o1. The van der Waals surface area contributed by atoms with Gasteiger partial charge in [-0.1, -0.05) is 0 Å². The molecule has 0 saturated heterocycles. The second-order valence-electron chi connectivity index (χ2n) is 4.99. The summed E-state index contributed by atoms with van der Waals surface area (Å²) < 4.78 is 10.8. The Balaban J connectivity index is 1.64. The molecule has 0 saturated carbocycles. The summed E-state index contributed by atoms with van der Waals surface area (Å²) in [5.41, 5.74) is 2.73. The number of hydrogen-bond donors (Lipinski definition) is 3. The first-order valence-electron chi connectivity index (χ1n) is 7.29. The quantitative estimate of drug-likeness (QED) is 0.619. The highest BCUT2D eigenvalue weighted by Crippen LogP contribution is 2.24. The normalized spacial score (nSPS) is 10.7. The monoisotopic (exact) mass is 314 g/mol. The predicted octanol–water partition coefficient (Wildman–Crippen LogP) is 2.36. The fourth-order valence-electron chi connectivity index (χ4n) is 2.15. The third kappa shape index (κ3) is 3.70. The van der Waals surface area contributed by atoms with Gasteiger partial charge >= 0.3 is 0 Å². The molecule has 3 N–H and O–H groups in total. The molecule has 0 aromatic carbocycles. The first kappa shape index (κ1) is 15.1. The molecule has 0 amide bonds. The van der Waals surface area contributed by atoms with Crippen molar-refractivity contribution in [2.75, 3.05) is 18.5 Å². The van der Waals surface area contributed by atoms with Gasteiger partial charge in [-0.25, -0.2) is 4.98 Å². The Hall–Kier alpha value is -2.80. The Morgan fingerprint density at radius 1 is 1.26 bits per heavy atom. The average molecular weight is 314 g/mol. The van der Waals surface area contributed by atoms with Crippen LogP contribution >= 0.6 is 0 Å². The van der Waals surface area contributed by atoms with Crippen LogP contribution in [0.2, 0.25) is 0 Å². The van der Waals surface area contributed by atoms with Crippen LogP contribution in [0.5, 0.6) is 5.88 Å². The van der Waals surface area contributed by atoms with Gasteiger partial charge in [-0.2, -0.15) is 5.10 Å². The van der Waals surface area contributed by atoms with Gasteiger partial charge in [0, 0.05) is 18.2 Å². The van der Waals surface area contributed by atoms with Crippen LogP contribution < -0.4 is 10.1 Å². The second kappa shape index (κ2) is 6.97. The minimum atomic E-state index is -0.0306. The summed E-state index contributed by atoms with van der Waals surface area (Å²) in [6.45, 7) is 2.70. The number of nitrogens with one attached hydrogen (secondary N) is 2. The van der Waals surface area contributed by atoms with Crippen molar-refractivity contribution in [2.24, 2.45) is 0 Å². The zero-order valence-electron chi connectivity index (χ0n) is 12.7. The summed E-state index contributed by atoms with van der Waals surface area (Å²) >= 11 is 0. The van der Waals surface area contributed by atoms with E-state index in [-0.39, 0.29) is 13.2 Å². The highest BCUT2D eigenvalue weighted by atomic mass is 16.5. The standard InChI is InChI=1S/C16H18N4O3/c1-11-2-4-14(23-11)16-12(9-19-20-16)8-17-13-3-5-15(18-10-13)22-7-6-21/h2-5,9-10,17,21H,6-8H2,1H3,(H,19,20). The minimum Gasteiger partial charge on any atom is -0.475 e. The Kier molecular flexibility index (Phi) is 4.58. The van der Waals surface area contributed by atoms with Crippen molar-refractivity contribution >= 4 is 5.69 Å². The van der Waals surface area contributed by atoms with Crippen LogP contribution in [0.3, 0.4) is 0 Å². The zero-order valence-corrected chi connectivity index (χ0v) is 12.7. The van der Waals surface area contributed by atoms with Crippen molar-refractivity contribution in [1.29, 1.82) is 0 Å². The molecular weight excluding hydrogens is 296 g/mol. The van der Waals surface area contributed by atoms with Gasteiger partial charge in [0.2, 0.25) is 5.88 Å². The van der Waals surface area contributed by atoms with E-state index in [1.807, 2.05) is 25.1 Å². The molecule has 23 heavy (non-hydrogen) atoms. The van der Waals surface area contributed by atoms with E-state index in [0.717, 1.165) is 28.5 Å². The van der Waals surface area contributed by atoms with Gasteiger partial charge < -0.3 is 19.6 Å². The lowest BCUT2D eigenvalue weighted by Crippen LogP contribution is -2.04. The number of anilines is 1. The summed E-state index contributed by atoms with van der Waals surface area (Å²) in [6, 6.07) is 7.46. The largest absolute Gasteiger partial charge is 0.475 e. The number of aromatic nitrogens is 3. The third-order valence-electron chi connectivity index (χ3n) is 3.27. The van der Waals surface area contributed by atoms with Gasteiger partial charge in [-0.05, 0) is 25.1 Å². The van der Waals surface area contributed by atoms with E-state index in [1.54, 1.807) is 18.5 Å². The van der Waals surface area contributed by atoms with Crippen molar-refractivity contribution in [2.45, 2.75) is 13.5 Å². The molecule has 0 aliphatic carbocycles. The lowest BCUT2D eigenvalue weighted by Gasteiger charge is -2.07. The first-order valence-corrected chi connectivity index (χ1v) is 7.29.